The number of aliphatic hydroxyl groups is 1. The summed E-state index contributed by atoms with van der Waals surface area (Å²) in [7, 11) is 0. The van der Waals surface area contributed by atoms with Gasteiger partial charge in [0.15, 0.2) is 6.61 Å². The maximum Gasteiger partial charge on any atom is 0.458 e. The van der Waals surface area contributed by atoms with Crippen molar-refractivity contribution in [3.63, 3.8) is 0 Å². The van der Waals surface area contributed by atoms with Gasteiger partial charge < -0.3 is 20.0 Å². The highest BCUT2D eigenvalue weighted by Gasteiger charge is 2.60. The van der Waals surface area contributed by atoms with Crippen molar-refractivity contribution >= 4 is 11.6 Å². The zero-order valence-corrected chi connectivity index (χ0v) is 14.6. The number of hydrogen-bond donors (Lipinski definition) is 2. The number of amides is 1. The molecule has 1 unspecified atom stereocenters. The molecule has 28 heavy (non-hydrogen) atoms. The number of nitrogens with one attached hydrogen (secondary N) is 1. The summed E-state index contributed by atoms with van der Waals surface area (Å²) in [6.45, 7) is 0.0962. The molecule has 1 amide bonds. The summed E-state index contributed by atoms with van der Waals surface area (Å²) >= 11 is 0. The van der Waals surface area contributed by atoms with E-state index in [9.17, 15) is 23.1 Å². The van der Waals surface area contributed by atoms with Crippen LogP contribution in [0.5, 0.6) is 5.75 Å². The smallest absolute Gasteiger partial charge is 0.458 e. The van der Waals surface area contributed by atoms with E-state index in [-0.39, 0.29) is 24.8 Å². The van der Waals surface area contributed by atoms with Gasteiger partial charge in [-0.2, -0.15) is 13.2 Å². The topological polar surface area (TPSA) is 80.2 Å². The first kappa shape index (κ1) is 19.7. The number of alkyl halides is 3. The van der Waals surface area contributed by atoms with E-state index in [1.165, 1.54) is 0 Å². The lowest BCUT2D eigenvalue weighted by molar-refractivity contribution is -0.355. The van der Waals surface area contributed by atoms with Crippen molar-refractivity contribution < 1.29 is 32.6 Å². The molecule has 1 aliphatic rings. The van der Waals surface area contributed by atoms with Gasteiger partial charge in [0.25, 0.3) is 5.91 Å². The van der Waals surface area contributed by atoms with Gasteiger partial charge in [0.2, 0.25) is 0 Å². The van der Waals surface area contributed by atoms with Crippen LogP contribution < -0.4 is 10.1 Å². The zero-order valence-electron chi connectivity index (χ0n) is 14.6. The highest BCUT2D eigenvalue weighted by atomic mass is 19.4. The van der Waals surface area contributed by atoms with Gasteiger partial charge in [-0.05, 0) is 23.3 Å². The van der Waals surface area contributed by atoms with Gasteiger partial charge in [-0.25, -0.2) is 0 Å². The molecule has 2 N–H and O–H groups in total. The van der Waals surface area contributed by atoms with Gasteiger partial charge in [-0.1, -0.05) is 47.6 Å². The lowest BCUT2D eigenvalue weighted by atomic mass is 10.0. The van der Waals surface area contributed by atoms with E-state index in [1.807, 2.05) is 6.07 Å². The lowest BCUT2D eigenvalue weighted by Crippen LogP contribution is -2.45. The average Bonchev–Trinajstić information content (AvgIpc) is 3.09. The number of ether oxygens (including phenoxy) is 1. The Hall–Kier alpha value is -3.07. The molecule has 0 spiro atoms. The van der Waals surface area contributed by atoms with E-state index in [0.29, 0.717) is 11.3 Å². The molecule has 148 valence electrons. The maximum atomic E-state index is 12.7. The van der Waals surface area contributed by atoms with E-state index in [2.05, 4.69) is 15.3 Å². The second-order valence-corrected chi connectivity index (χ2v) is 6.16. The summed E-state index contributed by atoms with van der Waals surface area (Å²) in [6, 6.07) is 15.3. The van der Waals surface area contributed by atoms with E-state index >= 15 is 0 Å². The van der Waals surface area contributed by atoms with Crippen molar-refractivity contribution in [2.75, 3.05) is 6.61 Å². The number of halogens is 3. The largest absolute Gasteiger partial charge is 0.484 e. The minimum atomic E-state index is -4.94. The number of benzene rings is 2. The third-order valence-electron chi connectivity index (χ3n) is 4.05. The minimum Gasteiger partial charge on any atom is -0.484 e. The van der Waals surface area contributed by atoms with Crippen LogP contribution in [0.2, 0.25) is 0 Å². The molecule has 0 saturated heterocycles. The number of carbonyl (C=O) groups excluding carboxylic acids is 1. The summed E-state index contributed by atoms with van der Waals surface area (Å²) in [6.07, 6.45) is -5.73. The summed E-state index contributed by atoms with van der Waals surface area (Å²) in [5, 5.41) is 15.5. The summed E-state index contributed by atoms with van der Waals surface area (Å²) in [5.74, 6) is -3.02. The van der Waals surface area contributed by atoms with Gasteiger partial charge in [0.05, 0.1) is 12.1 Å². The SMILES string of the molecule is O=C(COc1ccccc1)NCc1ccc(C2=NOC(O)(C(F)(F)F)C2)cc1. The molecule has 0 radical (unpaired) electrons. The monoisotopic (exact) mass is 394 g/mol. The van der Waals surface area contributed by atoms with Crippen LogP contribution in [0.3, 0.4) is 0 Å². The predicted molar refractivity (Wildman–Crippen MR) is 93.5 cm³/mol. The van der Waals surface area contributed by atoms with Crippen LogP contribution >= 0.6 is 0 Å². The van der Waals surface area contributed by atoms with Gasteiger partial charge in [-0.3, -0.25) is 4.79 Å². The standard InChI is InChI=1S/C19H17F3N2O4/c20-19(21,22)18(26)10-16(24-28-18)14-8-6-13(7-9-14)11-23-17(25)12-27-15-4-2-1-3-5-15/h1-9,26H,10-12H2,(H,23,25). The van der Waals surface area contributed by atoms with Crippen LogP contribution in [0, 0.1) is 0 Å². The first-order chi connectivity index (χ1) is 13.3. The maximum absolute atomic E-state index is 12.7. The van der Waals surface area contributed by atoms with E-state index < -0.39 is 18.4 Å². The Morgan fingerprint density at radius 2 is 1.86 bits per heavy atom. The Bertz CT molecular complexity index is 854. The van der Waals surface area contributed by atoms with Gasteiger partial charge in [0, 0.05) is 6.54 Å². The molecule has 0 aromatic heterocycles. The van der Waals surface area contributed by atoms with Crippen molar-refractivity contribution in [3.05, 3.63) is 65.7 Å². The average molecular weight is 394 g/mol. The summed E-state index contributed by atoms with van der Waals surface area (Å²) < 4.78 is 43.6. The van der Waals surface area contributed by atoms with Crippen molar-refractivity contribution in [2.24, 2.45) is 5.16 Å². The molecule has 1 aliphatic heterocycles. The van der Waals surface area contributed by atoms with Crippen LogP contribution in [0.1, 0.15) is 17.5 Å². The van der Waals surface area contributed by atoms with Gasteiger partial charge >= 0.3 is 12.0 Å². The van der Waals surface area contributed by atoms with E-state index in [0.717, 1.165) is 5.56 Å². The second-order valence-electron chi connectivity index (χ2n) is 6.16. The second kappa shape index (κ2) is 7.89. The quantitative estimate of drug-likeness (QED) is 0.790. The fraction of sp³-hybridized carbons (Fsp3) is 0.263. The third kappa shape index (κ3) is 4.61. The Morgan fingerprint density at radius 1 is 1.18 bits per heavy atom. The van der Waals surface area contributed by atoms with Gasteiger partial charge in [0.1, 0.15) is 5.75 Å². The van der Waals surface area contributed by atoms with Crippen LogP contribution in [0.4, 0.5) is 13.2 Å². The Labute approximate surface area is 158 Å². The zero-order chi connectivity index (χ0) is 20.2. The van der Waals surface area contributed by atoms with Crippen molar-refractivity contribution in [2.45, 2.75) is 24.9 Å². The molecule has 0 aliphatic carbocycles. The number of nitrogens with zero attached hydrogens (tertiary/aromatic N) is 1. The fourth-order valence-electron chi connectivity index (χ4n) is 2.46. The van der Waals surface area contributed by atoms with Crippen LogP contribution in [-0.4, -0.2) is 35.3 Å². The highest BCUT2D eigenvalue weighted by molar-refractivity contribution is 6.01. The molecular formula is C19H17F3N2O4. The number of oxime groups is 1. The minimum absolute atomic E-state index is 0.00771. The van der Waals surface area contributed by atoms with E-state index in [4.69, 9.17) is 4.74 Å². The first-order valence-corrected chi connectivity index (χ1v) is 8.35. The number of carbonyl (C=O) groups is 1. The predicted octanol–water partition coefficient (Wildman–Crippen LogP) is 2.76. The molecular weight excluding hydrogens is 377 g/mol. The molecule has 2 aromatic carbocycles. The molecule has 1 heterocycles. The molecule has 9 heteroatoms. The Balaban J connectivity index is 1.49. The van der Waals surface area contributed by atoms with Crippen molar-refractivity contribution in [1.82, 2.24) is 5.32 Å². The van der Waals surface area contributed by atoms with Crippen molar-refractivity contribution in [1.29, 1.82) is 0 Å². The highest BCUT2D eigenvalue weighted by Crippen LogP contribution is 2.38. The number of rotatable bonds is 6. The third-order valence-corrected chi connectivity index (χ3v) is 4.05. The molecule has 1 atom stereocenters. The molecule has 0 saturated carbocycles. The number of para-hydroxylation sites is 1. The van der Waals surface area contributed by atoms with Crippen molar-refractivity contribution in [3.8, 4) is 5.75 Å². The summed E-state index contributed by atoms with van der Waals surface area (Å²) in [4.78, 5) is 16.0. The Kier molecular flexibility index (Phi) is 5.55. The molecule has 6 nitrogen and oxygen atoms in total. The van der Waals surface area contributed by atoms with Crippen LogP contribution in [0.15, 0.2) is 59.8 Å². The fourth-order valence-corrected chi connectivity index (χ4v) is 2.46. The molecule has 0 fully saturated rings. The first-order valence-electron chi connectivity index (χ1n) is 8.35. The molecule has 3 rings (SSSR count). The number of hydrogen-bond acceptors (Lipinski definition) is 5. The van der Waals surface area contributed by atoms with E-state index in [1.54, 1.807) is 48.5 Å². The Morgan fingerprint density at radius 3 is 2.46 bits per heavy atom. The molecule has 2 aromatic rings. The summed E-state index contributed by atoms with van der Waals surface area (Å²) in [5.41, 5.74) is 1.12. The van der Waals surface area contributed by atoms with Crippen LogP contribution in [0.25, 0.3) is 0 Å². The van der Waals surface area contributed by atoms with Gasteiger partial charge in [-0.15, -0.1) is 0 Å². The molecule has 0 bridgehead atoms. The lowest BCUT2D eigenvalue weighted by Gasteiger charge is -2.22. The normalized spacial score (nSPS) is 18.9. The van der Waals surface area contributed by atoms with Crippen LogP contribution in [-0.2, 0) is 16.2 Å².